The quantitative estimate of drug-likeness (QED) is 0.865. The Balaban J connectivity index is 2.04. The van der Waals surface area contributed by atoms with Gasteiger partial charge >= 0.3 is 0 Å². The molecule has 1 aliphatic heterocycles. The lowest BCUT2D eigenvalue weighted by molar-refractivity contribution is -0.0150. The van der Waals surface area contributed by atoms with E-state index in [-0.39, 0.29) is 0 Å². The topological polar surface area (TPSA) is 32.7 Å². The van der Waals surface area contributed by atoms with Crippen molar-refractivity contribution in [3.63, 3.8) is 0 Å². The number of likely N-dealkylation sites (tertiary alicyclic amines) is 1. The van der Waals surface area contributed by atoms with Crippen molar-refractivity contribution in [3.05, 3.63) is 29.8 Å². The second-order valence-electron chi connectivity index (χ2n) is 5.06. The molecule has 1 aromatic rings. The van der Waals surface area contributed by atoms with Crippen molar-refractivity contribution in [2.75, 3.05) is 27.2 Å². The van der Waals surface area contributed by atoms with Gasteiger partial charge in [-0.05, 0) is 37.6 Å². The summed E-state index contributed by atoms with van der Waals surface area (Å²) in [6, 6.07) is 7.98. The van der Waals surface area contributed by atoms with E-state index in [9.17, 15) is 5.11 Å². The van der Waals surface area contributed by atoms with Crippen molar-refractivity contribution >= 4 is 0 Å². The van der Waals surface area contributed by atoms with Gasteiger partial charge in [-0.2, -0.15) is 0 Å². The van der Waals surface area contributed by atoms with Crippen LogP contribution in [-0.2, 0) is 6.42 Å². The fourth-order valence-electron chi connectivity index (χ4n) is 2.37. The molecule has 0 saturated carbocycles. The molecular formula is C14H21NO2. The molecular weight excluding hydrogens is 214 g/mol. The van der Waals surface area contributed by atoms with Gasteiger partial charge in [0.15, 0.2) is 0 Å². The van der Waals surface area contributed by atoms with Gasteiger partial charge in [-0.1, -0.05) is 12.1 Å². The summed E-state index contributed by atoms with van der Waals surface area (Å²) in [5.74, 6) is 0.860. The summed E-state index contributed by atoms with van der Waals surface area (Å²) in [5.41, 5.74) is 0.607. The molecule has 3 nitrogen and oxygen atoms in total. The van der Waals surface area contributed by atoms with Crippen molar-refractivity contribution < 1.29 is 9.84 Å². The van der Waals surface area contributed by atoms with Crippen molar-refractivity contribution in [1.29, 1.82) is 0 Å². The van der Waals surface area contributed by atoms with Crippen LogP contribution in [0.5, 0.6) is 5.75 Å². The molecule has 1 N–H and O–H groups in total. The lowest BCUT2D eigenvalue weighted by Crippen LogP contribution is -2.44. The van der Waals surface area contributed by atoms with Gasteiger partial charge in [0.25, 0.3) is 0 Å². The summed E-state index contributed by atoms with van der Waals surface area (Å²) in [6.07, 6.45) is 2.42. The Hall–Kier alpha value is -1.06. The largest absolute Gasteiger partial charge is 0.497 e. The van der Waals surface area contributed by atoms with Crippen LogP contribution in [0.3, 0.4) is 0 Å². The minimum absolute atomic E-state index is 0.543. The summed E-state index contributed by atoms with van der Waals surface area (Å²) in [5, 5.41) is 10.5. The Bertz CT molecular complexity index is 370. The highest BCUT2D eigenvalue weighted by Gasteiger charge is 2.31. The highest BCUT2D eigenvalue weighted by atomic mass is 16.5. The molecule has 0 amide bonds. The van der Waals surface area contributed by atoms with Gasteiger partial charge in [0, 0.05) is 19.5 Å². The Kier molecular flexibility index (Phi) is 3.69. The summed E-state index contributed by atoms with van der Waals surface area (Å²) in [4.78, 5) is 2.26. The van der Waals surface area contributed by atoms with Crippen molar-refractivity contribution in [3.8, 4) is 5.75 Å². The zero-order valence-corrected chi connectivity index (χ0v) is 10.6. The Morgan fingerprint density at radius 2 is 2.06 bits per heavy atom. The number of hydrogen-bond acceptors (Lipinski definition) is 3. The fraction of sp³-hybridized carbons (Fsp3) is 0.571. The number of nitrogens with zero attached hydrogens (tertiary/aromatic N) is 1. The maximum Gasteiger partial charge on any atom is 0.119 e. The molecule has 17 heavy (non-hydrogen) atoms. The highest BCUT2D eigenvalue weighted by molar-refractivity contribution is 5.29. The van der Waals surface area contributed by atoms with E-state index in [4.69, 9.17) is 4.74 Å². The molecule has 0 aliphatic carbocycles. The van der Waals surface area contributed by atoms with Gasteiger partial charge in [-0.15, -0.1) is 0 Å². The molecule has 0 bridgehead atoms. The third kappa shape index (κ3) is 3.20. The molecule has 0 spiro atoms. The zero-order valence-electron chi connectivity index (χ0n) is 10.6. The fourth-order valence-corrected chi connectivity index (χ4v) is 2.37. The second-order valence-corrected chi connectivity index (χ2v) is 5.06. The molecule has 0 unspecified atom stereocenters. The molecule has 1 aliphatic rings. The summed E-state index contributed by atoms with van der Waals surface area (Å²) < 4.78 is 5.20. The van der Waals surface area contributed by atoms with Crippen LogP contribution in [0.15, 0.2) is 24.3 Å². The standard InChI is InChI=1S/C14H21NO2/c1-15-8-6-14(16,7-9-15)11-12-4-3-5-13(10-12)17-2/h3-5,10,16H,6-9,11H2,1-2H3. The third-order valence-electron chi connectivity index (χ3n) is 3.59. The predicted molar refractivity (Wildman–Crippen MR) is 68.4 cm³/mol. The van der Waals surface area contributed by atoms with Crippen LogP contribution in [0.4, 0.5) is 0 Å². The number of ether oxygens (including phenoxy) is 1. The van der Waals surface area contributed by atoms with Gasteiger partial charge in [-0.3, -0.25) is 0 Å². The van der Waals surface area contributed by atoms with Crippen molar-refractivity contribution in [2.24, 2.45) is 0 Å². The molecule has 0 radical (unpaired) electrons. The first-order valence-electron chi connectivity index (χ1n) is 6.15. The van der Waals surface area contributed by atoms with Gasteiger partial charge in [-0.25, -0.2) is 0 Å². The number of piperidine rings is 1. The van der Waals surface area contributed by atoms with Gasteiger partial charge in [0.2, 0.25) is 0 Å². The van der Waals surface area contributed by atoms with E-state index in [0.717, 1.165) is 43.7 Å². The first-order chi connectivity index (χ1) is 8.11. The van der Waals surface area contributed by atoms with E-state index in [1.807, 2.05) is 18.2 Å². The Morgan fingerprint density at radius 3 is 2.71 bits per heavy atom. The highest BCUT2D eigenvalue weighted by Crippen LogP contribution is 2.26. The van der Waals surface area contributed by atoms with Crippen LogP contribution in [-0.4, -0.2) is 42.9 Å². The van der Waals surface area contributed by atoms with E-state index >= 15 is 0 Å². The van der Waals surface area contributed by atoms with Gasteiger partial charge < -0.3 is 14.7 Å². The van der Waals surface area contributed by atoms with Crippen LogP contribution in [0.1, 0.15) is 18.4 Å². The SMILES string of the molecule is COc1cccc(CC2(O)CCN(C)CC2)c1. The minimum atomic E-state index is -0.543. The molecule has 0 atom stereocenters. The van der Waals surface area contributed by atoms with Gasteiger partial charge in [0.05, 0.1) is 12.7 Å². The minimum Gasteiger partial charge on any atom is -0.497 e. The molecule has 94 valence electrons. The van der Waals surface area contributed by atoms with Gasteiger partial charge in [0.1, 0.15) is 5.75 Å². The van der Waals surface area contributed by atoms with Crippen molar-refractivity contribution in [2.45, 2.75) is 24.9 Å². The van der Waals surface area contributed by atoms with E-state index in [1.165, 1.54) is 0 Å². The van der Waals surface area contributed by atoms with E-state index in [2.05, 4.69) is 18.0 Å². The number of rotatable bonds is 3. The molecule has 1 aromatic carbocycles. The number of aliphatic hydroxyl groups is 1. The summed E-state index contributed by atoms with van der Waals surface area (Å²) >= 11 is 0. The average molecular weight is 235 g/mol. The molecule has 1 fully saturated rings. The predicted octanol–water partition coefficient (Wildman–Crippen LogP) is 1.69. The monoisotopic (exact) mass is 235 g/mol. The van der Waals surface area contributed by atoms with Crippen LogP contribution < -0.4 is 4.74 Å². The third-order valence-corrected chi connectivity index (χ3v) is 3.59. The second kappa shape index (κ2) is 5.07. The molecule has 1 saturated heterocycles. The number of hydrogen-bond donors (Lipinski definition) is 1. The van der Waals surface area contributed by atoms with Crippen molar-refractivity contribution in [1.82, 2.24) is 4.90 Å². The number of methoxy groups -OCH3 is 1. The molecule has 1 heterocycles. The van der Waals surface area contributed by atoms with Crippen LogP contribution >= 0.6 is 0 Å². The summed E-state index contributed by atoms with van der Waals surface area (Å²) in [7, 11) is 3.77. The maximum atomic E-state index is 10.5. The zero-order chi connectivity index (χ0) is 12.3. The lowest BCUT2D eigenvalue weighted by atomic mass is 9.85. The van der Waals surface area contributed by atoms with E-state index < -0.39 is 5.60 Å². The molecule has 0 aromatic heterocycles. The van der Waals surface area contributed by atoms with Crippen LogP contribution in [0.2, 0.25) is 0 Å². The van der Waals surface area contributed by atoms with E-state index in [0.29, 0.717) is 0 Å². The van der Waals surface area contributed by atoms with Crippen LogP contribution in [0.25, 0.3) is 0 Å². The summed E-state index contributed by atoms with van der Waals surface area (Å²) in [6.45, 7) is 1.95. The van der Waals surface area contributed by atoms with Crippen LogP contribution in [0, 0.1) is 0 Å². The Labute approximate surface area is 103 Å². The normalized spacial score (nSPS) is 20.2. The lowest BCUT2D eigenvalue weighted by Gasteiger charge is -2.36. The smallest absolute Gasteiger partial charge is 0.119 e. The average Bonchev–Trinajstić information content (AvgIpc) is 2.33. The molecule has 3 heteroatoms. The maximum absolute atomic E-state index is 10.5. The molecule has 2 rings (SSSR count). The Morgan fingerprint density at radius 1 is 1.35 bits per heavy atom. The first kappa shape index (κ1) is 12.4. The number of benzene rings is 1. The first-order valence-corrected chi connectivity index (χ1v) is 6.15. The van der Waals surface area contributed by atoms with E-state index in [1.54, 1.807) is 7.11 Å².